The molecule has 0 spiro atoms. The molecule has 1 amide bonds. The molecule has 0 aliphatic heterocycles. The smallest absolute Gasteiger partial charge is 0.252 e. The number of halogens is 1. The number of nitrogens with two attached hydrogens (primary N) is 1. The van der Waals surface area contributed by atoms with E-state index in [-0.39, 0.29) is 11.2 Å². The number of hydrogen-bond acceptors (Lipinski definition) is 4. The van der Waals surface area contributed by atoms with E-state index in [9.17, 15) is 4.79 Å². The Hall–Kier alpha value is -1.36. The second-order valence-electron chi connectivity index (χ2n) is 5.90. The maximum absolute atomic E-state index is 11.4. The van der Waals surface area contributed by atoms with Gasteiger partial charge in [0.25, 0.3) is 5.91 Å². The zero-order chi connectivity index (χ0) is 14.0. The number of carbonyl (C=O) groups is 1. The molecule has 1 fully saturated rings. The number of carbonyl (C=O) groups excluding carboxylic acids is 1. The Morgan fingerprint density at radius 3 is 2.89 bits per heavy atom. The highest BCUT2D eigenvalue weighted by Crippen LogP contribution is 2.36. The molecule has 1 aliphatic carbocycles. The predicted octanol–water partition coefficient (Wildman–Crippen LogP) is 2.61. The summed E-state index contributed by atoms with van der Waals surface area (Å²) in [6.07, 6.45) is 4.49. The molecule has 1 atom stereocenters. The fraction of sp³-hybridized carbons (Fsp3) is 0.615. The van der Waals surface area contributed by atoms with Gasteiger partial charge in [0, 0.05) is 6.04 Å². The lowest BCUT2D eigenvalue weighted by atomic mass is 9.75. The molecule has 0 bridgehead atoms. The number of amides is 1. The monoisotopic (exact) mass is 282 g/mol. The summed E-state index contributed by atoms with van der Waals surface area (Å²) >= 11 is 5.74. The Morgan fingerprint density at radius 2 is 2.26 bits per heavy atom. The lowest BCUT2D eigenvalue weighted by Crippen LogP contribution is -2.33. The second kappa shape index (κ2) is 5.33. The first kappa shape index (κ1) is 14.1. The maximum Gasteiger partial charge on any atom is 0.252 e. The van der Waals surface area contributed by atoms with Gasteiger partial charge >= 0.3 is 0 Å². The highest BCUT2D eigenvalue weighted by Gasteiger charge is 2.28. The molecule has 3 N–H and O–H groups in total. The SMILES string of the molecule is CC1(C)CCCC(Nc2nnc(Cl)cc2C(N)=O)C1. The number of rotatable bonds is 3. The van der Waals surface area contributed by atoms with Crippen LogP contribution in [0.2, 0.25) is 5.15 Å². The van der Waals surface area contributed by atoms with E-state index in [4.69, 9.17) is 17.3 Å². The minimum atomic E-state index is -0.547. The van der Waals surface area contributed by atoms with Crippen molar-refractivity contribution in [2.24, 2.45) is 11.1 Å². The highest BCUT2D eigenvalue weighted by molar-refractivity contribution is 6.29. The van der Waals surface area contributed by atoms with Crippen LogP contribution in [0.4, 0.5) is 5.82 Å². The van der Waals surface area contributed by atoms with E-state index < -0.39 is 5.91 Å². The van der Waals surface area contributed by atoms with Crippen molar-refractivity contribution >= 4 is 23.3 Å². The summed E-state index contributed by atoms with van der Waals surface area (Å²) in [5, 5.41) is 11.2. The van der Waals surface area contributed by atoms with Gasteiger partial charge in [-0.2, -0.15) is 0 Å². The topological polar surface area (TPSA) is 80.9 Å². The summed E-state index contributed by atoms with van der Waals surface area (Å²) in [4.78, 5) is 11.4. The van der Waals surface area contributed by atoms with Crippen LogP contribution in [0.5, 0.6) is 0 Å². The van der Waals surface area contributed by atoms with Gasteiger partial charge in [-0.1, -0.05) is 31.9 Å². The van der Waals surface area contributed by atoms with Crippen LogP contribution < -0.4 is 11.1 Å². The second-order valence-corrected chi connectivity index (χ2v) is 6.28. The fourth-order valence-electron chi connectivity index (χ4n) is 2.68. The number of primary amides is 1. The van der Waals surface area contributed by atoms with Crippen molar-refractivity contribution in [2.75, 3.05) is 5.32 Å². The molecular weight excluding hydrogens is 264 g/mol. The van der Waals surface area contributed by atoms with Crippen LogP contribution in [-0.4, -0.2) is 22.1 Å². The van der Waals surface area contributed by atoms with E-state index in [1.807, 2.05) is 0 Å². The summed E-state index contributed by atoms with van der Waals surface area (Å²) in [6.45, 7) is 4.51. The first-order chi connectivity index (χ1) is 8.87. The zero-order valence-corrected chi connectivity index (χ0v) is 12.0. The molecule has 0 aromatic carbocycles. The van der Waals surface area contributed by atoms with Crippen LogP contribution in [-0.2, 0) is 0 Å². The molecule has 6 heteroatoms. The molecular formula is C13H19ClN4O. The maximum atomic E-state index is 11.4. The van der Waals surface area contributed by atoms with Crippen LogP contribution in [0.3, 0.4) is 0 Å². The Labute approximate surface area is 117 Å². The van der Waals surface area contributed by atoms with Gasteiger partial charge in [-0.05, 0) is 30.7 Å². The van der Waals surface area contributed by atoms with E-state index in [1.54, 1.807) is 0 Å². The molecule has 1 aromatic heterocycles. The van der Waals surface area contributed by atoms with E-state index in [0.29, 0.717) is 16.8 Å². The summed E-state index contributed by atoms with van der Waals surface area (Å²) in [6, 6.07) is 1.74. The van der Waals surface area contributed by atoms with Crippen LogP contribution in [0.15, 0.2) is 6.07 Å². The minimum absolute atomic E-state index is 0.170. The van der Waals surface area contributed by atoms with Crippen LogP contribution in [0.25, 0.3) is 0 Å². The number of anilines is 1. The molecule has 0 saturated heterocycles. The van der Waals surface area contributed by atoms with Gasteiger partial charge in [-0.3, -0.25) is 4.79 Å². The van der Waals surface area contributed by atoms with Gasteiger partial charge in [0.2, 0.25) is 0 Å². The molecule has 5 nitrogen and oxygen atoms in total. The molecule has 104 valence electrons. The molecule has 2 rings (SSSR count). The average molecular weight is 283 g/mol. The van der Waals surface area contributed by atoms with Gasteiger partial charge in [0.05, 0.1) is 5.56 Å². The van der Waals surface area contributed by atoms with Gasteiger partial charge in [-0.25, -0.2) is 0 Å². The van der Waals surface area contributed by atoms with Gasteiger partial charge in [-0.15, -0.1) is 10.2 Å². The average Bonchev–Trinajstić information content (AvgIpc) is 2.30. The van der Waals surface area contributed by atoms with Crippen molar-refractivity contribution in [3.8, 4) is 0 Å². The van der Waals surface area contributed by atoms with E-state index in [2.05, 4.69) is 29.4 Å². The fourth-order valence-corrected chi connectivity index (χ4v) is 2.82. The quantitative estimate of drug-likeness (QED) is 0.893. The van der Waals surface area contributed by atoms with Gasteiger partial charge in [0.1, 0.15) is 0 Å². The van der Waals surface area contributed by atoms with Crippen molar-refractivity contribution in [2.45, 2.75) is 45.6 Å². The molecule has 1 unspecified atom stereocenters. The summed E-state index contributed by atoms with van der Waals surface area (Å²) in [5.74, 6) is -0.117. The third kappa shape index (κ3) is 3.56. The number of aromatic nitrogens is 2. The van der Waals surface area contributed by atoms with Crippen molar-refractivity contribution in [1.29, 1.82) is 0 Å². The summed E-state index contributed by atoms with van der Waals surface area (Å²) in [5.41, 5.74) is 5.94. The van der Waals surface area contributed by atoms with E-state index in [1.165, 1.54) is 12.5 Å². The van der Waals surface area contributed by atoms with Crippen LogP contribution in [0, 0.1) is 5.41 Å². The summed E-state index contributed by atoms with van der Waals surface area (Å²) in [7, 11) is 0. The molecule has 1 saturated carbocycles. The molecule has 1 heterocycles. The third-order valence-corrected chi connectivity index (χ3v) is 3.76. The normalized spacial score (nSPS) is 21.9. The summed E-state index contributed by atoms with van der Waals surface area (Å²) < 4.78 is 0. The molecule has 1 aliphatic rings. The molecule has 0 radical (unpaired) electrons. The number of nitrogens with one attached hydrogen (secondary N) is 1. The van der Waals surface area contributed by atoms with Crippen molar-refractivity contribution in [3.63, 3.8) is 0 Å². The standard InChI is InChI=1S/C13H19ClN4O/c1-13(2)5-3-4-8(7-13)16-12-9(11(15)19)6-10(14)17-18-12/h6,8H,3-5,7H2,1-2H3,(H2,15,19)(H,16,18). The van der Waals surface area contributed by atoms with Crippen LogP contribution >= 0.6 is 11.6 Å². The lowest BCUT2D eigenvalue weighted by Gasteiger charge is -2.35. The van der Waals surface area contributed by atoms with Crippen LogP contribution in [0.1, 0.15) is 49.9 Å². The van der Waals surface area contributed by atoms with E-state index in [0.717, 1.165) is 19.3 Å². The first-order valence-electron chi connectivity index (χ1n) is 6.47. The van der Waals surface area contributed by atoms with Crippen molar-refractivity contribution in [3.05, 3.63) is 16.8 Å². The number of nitrogens with zero attached hydrogens (tertiary/aromatic N) is 2. The first-order valence-corrected chi connectivity index (χ1v) is 6.85. The Kier molecular flexibility index (Phi) is 3.94. The van der Waals surface area contributed by atoms with Gasteiger partial charge < -0.3 is 11.1 Å². The highest BCUT2D eigenvalue weighted by atomic mass is 35.5. The van der Waals surface area contributed by atoms with Crippen molar-refractivity contribution < 1.29 is 4.79 Å². The predicted molar refractivity (Wildman–Crippen MR) is 75.2 cm³/mol. The third-order valence-electron chi connectivity index (χ3n) is 3.58. The molecule has 19 heavy (non-hydrogen) atoms. The minimum Gasteiger partial charge on any atom is -0.365 e. The lowest BCUT2D eigenvalue weighted by molar-refractivity contribution is 0.100. The Balaban J connectivity index is 2.17. The Morgan fingerprint density at radius 1 is 1.53 bits per heavy atom. The molecule has 1 aromatic rings. The largest absolute Gasteiger partial charge is 0.365 e. The van der Waals surface area contributed by atoms with Crippen molar-refractivity contribution in [1.82, 2.24) is 10.2 Å². The number of hydrogen-bond donors (Lipinski definition) is 2. The zero-order valence-electron chi connectivity index (χ0n) is 11.2. The van der Waals surface area contributed by atoms with E-state index >= 15 is 0 Å². The van der Waals surface area contributed by atoms with Gasteiger partial charge in [0.15, 0.2) is 11.0 Å². The Bertz CT molecular complexity index is 490.